The average Bonchev–Trinajstić information content (AvgIpc) is 2.35. The van der Waals surface area contributed by atoms with E-state index in [0.29, 0.717) is 0 Å². The third-order valence-electron chi connectivity index (χ3n) is 2.84. The molecule has 0 heterocycles. The normalized spacial score (nSPS) is 12.5. The summed E-state index contributed by atoms with van der Waals surface area (Å²) < 4.78 is 53.5. The fraction of sp³-hybridized carbons (Fsp3) is 0.143. The van der Waals surface area contributed by atoms with E-state index in [0.717, 1.165) is 18.2 Å². The van der Waals surface area contributed by atoms with Crippen LogP contribution < -0.4 is 5.73 Å². The highest BCUT2D eigenvalue weighted by Crippen LogP contribution is 2.23. The Bertz CT molecular complexity index is 578. The van der Waals surface area contributed by atoms with Crippen LogP contribution in [0.25, 0.3) is 0 Å². The van der Waals surface area contributed by atoms with E-state index in [1.165, 1.54) is 18.2 Å². The molecule has 1 nitrogen and oxygen atoms in total. The van der Waals surface area contributed by atoms with Crippen molar-refractivity contribution in [2.24, 2.45) is 5.73 Å². The molecule has 0 saturated carbocycles. The molecule has 0 bridgehead atoms. The first-order valence-electron chi connectivity index (χ1n) is 5.63. The quantitative estimate of drug-likeness (QED) is 0.848. The van der Waals surface area contributed by atoms with E-state index in [4.69, 9.17) is 5.73 Å². The van der Waals surface area contributed by atoms with E-state index in [-0.39, 0.29) is 17.5 Å². The summed E-state index contributed by atoms with van der Waals surface area (Å²) in [6.07, 6.45) is -0.193. The zero-order chi connectivity index (χ0) is 14.0. The number of hydrogen-bond acceptors (Lipinski definition) is 1. The zero-order valence-electron chi connectivity index (χ0n) is 9.84. The third kappa shape index (κ3) is 2.76. The fourth-order valence-corrected chi connectivity index (χ4v) is 1.91. The van der Waals surface area contributed by atoms with Crippen LogP contribution in [0, 0.1) is 23.3 Å². The van der Waals surface area contributed by atoms with Crippen LogP contribution >= 0.6 is 0 Å². The summed E-state index contributed by atoms with van der Waals surface area (Å²) in [5, 5.41) is 0. The first-order chi connectivity index (χ1) is 9.00. The molecule has 1 atom stereocenters. The van der Waals surface area contributed by atoms with Gasteiger partial charge >= 0.3 is 0 Å². The molecule has 0 aliphatic rings. The van der Waals surface area contributed by atoms with Gasteiger partial charge in [0.25, 0.3) is 0 Å². The molecule has 2 aromatic rings. The molecule has 0 aliphatic carbocycles. The van der Waals surface area contributed by atoms with Crippen molar-refractivity contribution in [2.75, 3.05) is 0 Å². The van der Waals surface area contributed by atoms with Crippen molar-refractivity contribution in [3.63, 3.8) is 0 Å². The summed E-state index contributed by atoms with van der Waals surface area (Å²) in [6, 6.07) is 5.88. The van der Waals surface area contributed by atoms with E-state index in [1.54, 1.807) is 0 Å². The molecule has 2 rings (SSSR count). The Morgan fingerprint density at radius 1 is 0.842 bits per heavy atom. The molecular formula is C14H11F4N. The zero-order valence-corrected chi connectivity index (χ0v) is 9.84. The largest absolute Gasteiger partial charge is 0.323 e. The summed E-state index contributed by atoms with van der Waals surface area (Å²) in [5.74, 6) is -3.66. The second-order valence-corrected chi connectivity index (χ2v) is 4.16. The lowest BCUT2D eigenvalue weighted by Gasteiger charge is -2.14. The van der Waals surface area contributed by atoms with Gasteiger partial charge in [0.1, 0.15) is 11.6 Å². The molecule has 0 spiro atoms. The van der Waals surface area contributed by atoms with Gasteiger partial charge in [0.15, 0.2) is 11.6 Å². The maximum atomic E-state index is 13.5. The van der Waals surface area contributed by atoms with Gasteiger partial charge < -0.3 is 5.73 Å². The number of rotatable bonds is 3. The molecule has 2 N–H and O–H groups in total. The topological polar surface area (TPSA) is 26.0 Å². The first-order valence-corrected chi connectivity index (χ1v) is 5.63. The Labute approximate surface area is 107 Å². The minimum Gasteiger partial charge on any atom is -0.323 e. The molecule has 0 aliphatic heterocycles. The van der Waals surface area contributed by atoms with Gasteiger partial charge in [-0.15, -0.1) is 0 Å². The number of halogens is 4. The van der Waals surface area contributed by atoms with Crippen LogP contribution in [0.15, 0.2) is 36.4 Å². The Morgan fingerprint density at radius 2 is 1.37 bits per heavy atom. The van der Waals surface area contributed by atoms with Gasteiger partial charge in [-0.1, -0.05) is 18.2 Å². The summed E-state index contributed by atoms with van der Waals surface area (Å²) >= 11 is 0. The van der Waals surface area contributed by atoms with Crippen molar-refractivity contribution >= 4 is 0 Å². The third-order valence-corrected chi connectivity index (χ3v) is 2.84. The monoisotopic (exact) mass is 269 g/mol. The van der Waals surface area contributed by atoms with Crippen LogP contribution in [0.4, 0.5) is 17.6 Å². The predicted molar refractivity (Wildman–Crippen MR) is 63.3 cm³/mol. The van der Waals surface area contributed by atoms with E-state index in [2.05, 4.69) is 0 Å². The summed E-state index contributed by atoms with van der Waals surface area (Å²) in [4.78, 5) is 0. The Balaban J connectivity index is 2.31. The molecule has 0 aromatic heterocycles. The van der Waals surface area contributed by atoms with Crippen LogP contribution in [-0.2, 0) is 6.42 Å². The van der Waals surface area contributed by atoms with Gasteiger partial charge in [0.05, 0.1) is 0 Å². The SMILES string of the molecule is NC(Cc1cccc(F)c1F)c1c(F)cccc1F. The van der Waals surface area contributed by atoms with Crippen molar-refractivity contribution < 1.29 is 17.6 Å². The van der Waals surface area contributed by atoms with E-state index in [1.807, 2.05) is 0 Å². The van der Waals surface area contributed by atoms with Gasteiger partial charge in [0.2, 0.25) is 0 Å². The lowest BCUT2D eigenvalue weighted by atomic mass is 9.98. The van der Waals surface area contributed by atoms with E-state index < -0.39 is 29.3 Å². The molecule has 0 saturated heterocycles. The first kappa shape index (κ1) is 13.5. The second kappa shape index (κ2) is 5.40. The summed E-state index contributed by atoms with van der Waals surface area (Å²) in [5.41, 5.74) is 5.33. The van der Waals surface area contributed by atoms with Gasteiger partial charge in [-0.05, 0) is 30.2 Å². The highest BCUT2D eigenvalue weighted by Gasteiger charge is 2.19. The molecule has 1 unspecified atom stereocenters. The van der Waals surface area contributed by atoms with E-state index in [9.17, 15) is 17.6 Å². The number of nitrogens with two attached hydrogens (primary N) is 1. The summed E-state index contributed by atoms with van der Waals surface area (Å²) in [6.45, 7) is 0. The van der Waals surface area contributed by atoms with Crippen LogP contribution in [-0.4, -0.2) is 0 Å². The number of benzene rings is 2. The smallest absolute Gasteiger partial charge is 0.162 e. The molecular weight excluding hydrogens is 258 g/mol. The van der Waals surface area contributed by atoms with Crippen molar-refractivity contribution in [1.82, 2.24) is 0 Å². The van der Waals surface area contributed by atoms with Crippen molar-refractivity contribution in [3.05, 3.63) is 70.8 Å². The van der Waals surface area contributed by atoms with Crippen LogP contribution in [0.3, 0.4) is 0 Å². The number of hydrogen-bond donors (Lipinski definition) is 1. The van der Waals surface area contributed by atoms with Crippen molar-refractivity contribution in [2.45, 2.75) is 12.5 Å². The molecule has 0 fully saturated rings. The maximum absolute atomic E-state index is 13.5. The van der Waals surface area contributed by atoms with E-state index >= 15 is 0 Å². The Kier molecular flexibility index (Phi) is 3.85. The molecule has 0 amide bonds. The average molecular weight is 269 g/mol. The van der Waals surface area contributed by atoms with Gasteiger partial charge in [0, 0.05) is 11.6 Å². The van der Waals surface area contributed by atoms with Crippen molar-refractivity contribution in [3.8, 4) is 0 Å². The molecule has 2 aromatic carbocycles. The standard InChI is InChI=1S/C14H11F4N/c15-9-4-2-5-10(16)13(9)12(19)7-8-3-1-6-11(17)14(8)18/h1-6,12H,7,19H2. The molecule has 100 valence electrons. The molecule has 5 heteroatoms. The van der Waals surface area contributed by atoms with Gasteiger partial charge in [-0.3, -0.25) is 0 Å². The summed E-state index contributed by atoms with van der Waals surface area (Å²) in [7, 11) is 0. The predicted octanol–water partition coefficient (Wildman–Crippen LogP) is 3.49. The highest BCUT2D eigenvalue weighted by molar-refractivity contribution is 5.27. The lowest BCUT2D eigenvalue weighted by molar-refractivity contribution is 0.486. The highest BCUT2D eigenvalue weighted by atomic mass is 19.2. The lowest BCUT2D eigenvalue weighted by Crippen LogP contribution is -2.17. The fourth-order valence-electron chi connectivity index (χ4n) is 1.91. The van der Waals surface area contributed by atoms with Crippen LogP contribution in [0.1, 0.15) is 17.2 Å². The minimum absolute atomic E-state index is 0.0184. The van der Waals surface area contributed by atoms with Crippen molar-refractivity contribution in [1.29, 1.82) is 0 Å². The molecule has 0 radical (unpaired) electrons. The van der Waals surface area contributed by atoms with Crippen LogP contribution in [0.5, 0.6) is 0 Å². The Hall–Kier alpha value is -1.88. The second-order valence-electron chi connectivity index (χ2n) is 4.16. The van der Waals surface area contributed by atoms with Gasteiger partial charge in [-0.2, -0.15) is 0 Å². The Morgan fingerprint density at radius 3 is 2.00 bits per heavy atom. The molecule has 19 heavy (non-hydrogen) atoms. The van der Waals surface area contributed by atoms with Gasteiger partial charge in [-0.25, -0.2) is 17.6 Å². The maximum Gasteiger partial charge on any atom is 0.162 e. The van der Waals surface area contributed by atoms with Crippen LogP contribution in [0.2, 0.25) is 0 Å². The minimum atomic E-state index is -1.09.